The topological polar surface area (TPSA) is 29.1 Å². The van der Waals surface area contributed by atoms with Crippen LogP contribution in [0.4, 0.5) is 5.69 Å². The van der Waals surface area contributed by atoms with Gasteiger partial charge in [0.1, 0.15) is 0 Å². The molecule has 0 radical (unpaired) electrons. The number of benzene rings is 2. The second-order valence-corrected chi connectivity index (χ2v) is 7.72. The van der Waals surface area contributed by atoms with Crippen molar-refractivity contribution in [2.75, 3.05) is 5.32 Å². The van der Waals surface area contributed by atoms with Gasteiger partial charge in [0.25, 0.3) is 5.91 Å². The summed E-state index contributed by atoms with van der Waals surface area (Å²) in [4.78, 5) is 12.3. The third-order valence-corrected chi connectivity index (χ3v) is 4.46. The van der Waals surface area contributed by atoms with E-state index < -0.39 is 0 Å². The van der Waals surface area contributed by atoms with Crippen LogP contribution in [0.25, 0.3) is 0 Å². The molecule has 0 spiro atoms. The molecule has 0 atom stereocenters. The zero-order chi connectivity index (χ0) is 16.5. The number of amides is 1. The van der Waals surface area contributed by atoms with Crippen LogP contribution in [-0.4, -0.2) is 5.91 Å². The molecule has 1 amide bonds. The summed E-state index contributed by atoms with van der Waals surface area (Å²) >= 11 is 15.4. The fourth-order valence-corrected chi connectivity index (χ4v) is 2.92. The Balaban J connectivity index is 2.25. The average Bonchev–Trinajstić information content (AvgIpc) is 2.39. The second kappa shape index (κ2) is 6.61. The Morgan fingerprint density at radius 3 is 2.32 bits per heavy atom. The first-order valence-corrected chi connectivity index (χ1v) is 8.30. The van der Waals surface area contributed by atoms with E-state index in [1.165, 1.54) is 5.56 Å². The fraction of sp³-hybridized carbons (Fsp3) is 0.235. The molecular weight excluding hydrogens is 385 g/mol. The first-order valence-electron chi connectivity index (χ1n) is 6.75. The monoisotopic (exact) mass is 399 g/mol. The third-order valence-electron chi connectivity index (χ3n) is 3.26. The van der Waals surface area contributed by atoms with Gasteiger partial charge in [-0.1, -0.05) is 50.0 Å². The SMILES string of the molecule is CC(C)(C)c1ccc(NC(=O)c2ccc(Cl)cc2Cl)c(Br)c1. The number of halogens is 3. The molecule has 0 heterocycles. The lowest BCUT2D eigenvalue weighted by molar-refractivity contribution is 0.102. The molecule has 5 heteroatoms. The van der Waals surface area contributed by atoms with E-state index >= 15 is 0 Å². The molecule has 2 aromatic carbocycles. The lowest BCUT2D eigenvalue weighted by atomic mass is 9.87. The predicted molar refractivity (Wildman–Crippen MR) is 97.3 cm³/mol. The summed E-state index contributed by atoms with van der Waals surface area (Å²) in [6.45, 7) is 6.42. The molecule has 1 N–H and O–H groups in total. The second-order valence-electron chi connectivity index (χ2n) is 6.02. The molecule has 0 unspecified atom stereocenters. The van der Waals surface area contributed by atoms with Crippen LogP contribution in [-0.2, 0) is 5.41 Å². The minimum atomic E-state index is -0.272. The van der Waals surface area contributed by atoms with Gasteiger partial charge < -0.3 is 5.32 Å². The first-order chi connectivity index (χ1) is 10.2. The largest absolute Gasteiger partial charge is 0.321 e. The smallest absolute Gasteiger partial charge is 0.257 e. The van der Waals surface area contributed by atoms with Crippen LogP contribution < -0.4 is 5.32 Å². The molecular formula is C17H16BrCl2NO. The van der Waals surface area contributed by atoms with E-state index in [9.17, 15) is 4.79 Å². The van der Waals surface area contributed by atoms with E-state index in [4.69, 9.17) is 23.2 Å². The molecule has 0 fully saturated rings. The number of rotatable bonds is 2. The molecule has 0 saturated heterocycles. The van der Waals surface area contributed by atoms with Crippen molar-refractivity contribution >= 4 is 50.7 Å². The summed E-state index contributed by atoms with van der Waals surface area (Å²) < 4.78 is 0.832. The van der Waals surface area contributed by atoms with Gasteiger partial charge in [-0.05, 0) is 57.2 Å². The van der Waals surface area contributed by atoms with Gasteiger partial charge in [0.05, 0.1) is 16.3 Å². The molecule has 0 bridgehead atoms. The highest BCUT2D eigenvalue weighted by Crippen LogP contribution is 2.31. The van der Waals surface area contributed by atoms with Crippen LogP contribution in [0.2, 0.25) is 10.0 Å². The Hall–Kier alpha value is -1.03. The maximum absolute atomic E-state index is 12.3. The minimum Gasteiger partial charge on any atom is -0.321 e. The van der Waals surface area contributed by atoms with Gasteiger partial charge in [-0.3, -0.25) is 4.79 Å². The van der Waals surface area contributed by atoms with Crippen molar-refractivity contribution in [1.29, 1.82) is 0 Å². The molecule has 0 saturated carbocycles. The Morgan fingerprint density at radius 1 is 1.09 bits per heavy atom. The van der Waals surface area contributed by atoms with Crippen LogP contribution in [0.5, 0.6) is 0 Å². The molecule has 0 aliphatic carbocycles. The first kappa shape index (κ1) is 17.3. The Morgan fingerprint density at radius 2 is 1.77 bits per heavy atom. The predicted octanol–water partition coefficient (Wildman–Crippen LogP) is 6.31. The summed E-state index contributed by atoms with van der Waals surface area (Å²) in [5, 5.41) is 3.68. The highest BCUT2D eigenvalue weighted by Gasteiger charge is 2.16. The van der Waals surface area contributed by atoms with Gasteiger partial charge in [0.2, 0.25) is 0 Å². The molecule has 0 aliphatic heterocycles. The summed E-state index contributed by atoms with van der Waals surface area (Å²) in [5.74, 6) is -0.272. The van der Waals surface area contributed by atoms with Crippen LogP contribution in [0, 0.1) is 0 Å². The van der Waals surface area contributed by atoms with Crippen LogP contribution >= 0.6 is 39.1 Å². The van der Waals surface area contributed by atoms with Gasteiger partial charge in [0, 0.05) is 9.50 Å². The van der Waals surface area contributed by atoms with Gasteiger partial charge >= 0.3 is 0 Å². The van der Waals surface area contributed by atoms with Crippen molar-refractivity contribution in [3.05, 3.63) is 62.0 Å². The van der Waals surface area contributed by atoms with Crippen molar-refractivity contribution in [3.8, 4) is 0 Å². The van der Waals surface area contributed by atoms with Gasteiger partial charge in [-0.15, -0.1) is 0 Å². The normalized spacial score (nSPS) is 11.4. The number of carbonyl (C=O) groups excluding carboxylic acids is 1. The maximum Gasteiger partial charge on any atom is 0.257 e. The van der Waals surface area contributed by atoms with Gasteiger partial charge in [-0.25, -0.2) is 0 Å². The molecule has 2 aromatic rings. The summed E-state index contributed by atoms with van der Waals surface area (Å²) in [6.07, 6.45) is 0. The minimum absolute atomic E-state index is 0.0462. The van der Waals surface area contributed by atoms with Crippen LogP contribution in [0.3, 0.4) is 0 Å². The number of hydrogen-bond donors (Lipinski definition) is 1. The van der Waals surface area contributed by atoms with Crippen molar-refractivity contribution < 1.29 is 4.79 Å². The van der Waals surface area contributed by atoms with Crippen LogP contribution in [0.1, 0.15) is 36.7 Å². The summed E-state index contributed by atoms with van der Waals surface area (Å²) in [5.41, 5.74) is 2.31. The molecule has 0 aromatic heterocycles. The lowest BCUT2D eigenvalue weighted by Crippen LogP contribution is -2.14. The number of carbonyl (C=O) groups is 1. The standard InChI is InChI=1S/C17H16BrCl2NO/c1-17(2,3)10-4-7-15(13(18)8-10)21-16(22)12-6-5-11(19)9-14(12)20/h4-9H,1-3H3,(H,21,22). The van der Waals surface area contributed by atoms with Crippen molar-refractivity contribution in [3.63, 3.8) is 0 Å². The Bertz CT molecular complexity index is 723. The Labute approximate surface area is 148 Å². The molecule has 0 aliphatic rings. The zero-order valence-corrected chi connectivity index (χ0v) is 15.6. The van der Waals surface area contributed by atoms with Gasteiger partial charge in [-0.2, -0.15) is 0 Å². The Kier molecular flexibility index (Phi) is 5.21. The van der Waals surface area contributed by atoms with Crippen LogP contribution in [0.15, 0.2) is 40.9 Å². The maximum atomic E-state index is 12.3. The van der Waals surface area contributed by atoms with Crippen molar-refractivity contribution in [1.82, 2.24) is 0 Å². The lowest BCUT2D eigenvalue weighted by Gasteiger charge is -2.20. The van der Waals surface area contributed by atoms with E-state index in [1.807, 2.05) is 18.2 Å². The highest BCUT2D eigenvalue weighted by atomic mass is 79.9. The zero-order valence-electron chi connectivity index (χ0n) is 12.5. The fourth-order valence-electron chi connectivity index (χ4n) is 1.95. The quantitative estimate of drug-likeness (QED) is 0.628. The van der Waals surface area contributed by atoms with E-state index in [2.05, 4.69) is 42.0 Å². The number of hydrogen-bond acceptors (Lipinski definition) is 1. The molecule has 116 valence electrons. The highest BCUT2D eigenvalue weighted by molar-refractivity contribution is 9.10. The number of nitrogens with one attached hydrogen (secondary N) is 1. The van der Waals surface area contributed by atoms with Crippen molar-refractivity contribution in [2.45, 2.75) is 26.2 Å². The molecule has 2 nitrogen and oxygen atoms in total. The summed E-state index contributed by atoms with van der Waals surface area (Å²) in [6, 6.07) is 10.7. The number of anilines is 1. The van der Waals surface area contributed by atoms with E-state index in [0.717, 1.165) is 4.47 Å². The summed E-state index contributed by atoms with van der Waals surface area (Å²) in [7, 11) is 0. The van der Waals surface area contributed by atoms with E-state index in [0.29, 0.717) is 21.3 Å². The van der Waals surface area contributed by atoms with E-state index in [1.54, 1.807) is 18.2 Å². The average molecular weight is 401 g/mol. The molecule has 22 heavy (non-hydrogen) atoms. The van der Waals surface area contributed by atoms with Gasteiger partial charge in [0.15, 0.2) is 0 Å². The van der Waals surface area contributed by atoms with E-state index in [-0.39, 0.29) is 11.3 Å². The molecule has 2 rings (SSSR count). The van der Waals surface area contributed by atoms with Crippen molar-refractivity contribution in [2.24, 2.45) is 0 Å². The third kappa shape index (κ3) is 4.03.